The number of hydrogen-bond acceptors (Lipinski definition) is 0. The lowest BCUT2D eigenvalue weighted by Crippen LogP contribution is -1.90. The van der Waals surface area contributed by atoms with Gasteiger partial charge in [0.15, 0.2) is 0 Å². The lowest BCUT2D eigenvalue weighted by Gasteiger charge is -2.09. The average Bonchev–Trinajstić information content (AvgIpc) is 3.18. The molecule has 0 heteroatoms. The molecule has 0 atom stereocenters. The quantitative estimate of drug-likeness (QED) is 0.225. The van der Waals surface area contributed by atoms with Crippen molar-refractivity contribution in [2.24, 2.45) is 0 Å². The number of unbranched alkanes of at least 4 members (excludes halogenated alkanes) is 4. The zero-order valence-corrected chi connectivity index (χ0v) is 19.1. The Hall–Kier alpha value is -2.60. The van der Waals surface area contributed by atoms with Crippen molar-refractivity contribution in [2.75, 3.05) is 0 Å². The Kier molecular flexibility index (Phi) is 5.81. The van der Waals surface area contributed by atoms with Crippen LogP contribution in [0.15, 0.2) is 60.7 Å². The highest BCUT2D eigenvalue weighted by molar-refractivity contribution is 6.01. The maximum atomic E-state index is 2.43. The number of aryl methyl sites for hydroxylation is 2. The maximum Gasteiger partial charge on any atom is -0.000112 e. The summed E-state index contributed by atoms with van der Waals surface area (Å²) in [7, 11) is 0. The average molecular weight is 407 g/mol. The minimum absolute atomic E-state index is 1.06. The molecule has 1 aliphatic rings. The van der Waals surface area contributed by atoms with Crippen LogP contribution in [0, 0.1) is 0 Å². The highest BCUT2D eigenvalue weighted by Gasteiger charge is 2.22. The van der Waals surface area contributed by atoms with Crippen molar-refractivity contribution in [3.8, 4) is 11.1 Å². The van der Waals surface area contributed by atoms with Gasteiger partial charge < -0.3 is 0 Å². The molecule has 0 aromatic heterocycles. The normalized spacial score (nSPS) is 12.5. The van der Waals surface area contributed by atoms with Crippen LogP contribution in [0.5, 0.6) is 0 Å². The summed E-state index contributed by atoms with van der Waals surface area (Å²) in [5, 5.41) is 5.70. The van der Waals surface area contributed by atoms with Crippen molar-refractivity contribution < 1.29 is 0 Å². The molecule has 0 bridgehead atoms. The van der Waals surface area contributed by atoms with Gasteiger partial charge in [-0.1, -0.05) is 100 Å². The van der Waals surface area contributed by atoms with Crippen LogP contribution < -0.4 is 0 Å². The molecule has 1 aliphatic carbocycles. The van der Waals surface area contributed by atoms with Crippen molar-refractivity contribution >= 4 is 21.5 Å². The molecule has 0 saturated heterocycles. The van der Waals surface area contributed by atoms with E-state index in [2.05, 4.69) is 74.5 Å². The SMILES string of the molecule is CCCCCc1ccc2c3c(ccc2c1)-c1ccc2cc(CCCCC)ccc2c1C3. The molecule has 0 N–H and O–H groups in total. The second kappa shape index (κ2) is 8.87. The van der Waals surface area contributed by atoms with Crippen LogP contribution in [0.1, 0.15) is 74.6 Å². The van der Waals surface area contributed by atoms with Crippen molar-refractivity contribution in [3.63, 3.8) is 0 Å². The molecule has 4 aromatic carbocycles. The number of benzene rings is 4. The van der Waals surface area contributed by atoms with Crippen LogP contribution in [0.3, 0.4) is 0 Å². The Bertz CT molecular complexity index is 1130. The van der Waals surface area contributed by atoms with Gasteiger partial charge in [0.2, 0.25) is 0 Å². The highest BCUT2D eigenvalue weighted by Crippen LogP contribution is 2.43. The Labute approximate surface area is 187 Å². The molecular weight excluding hydrogens is 372 g/mol. The van der Waals surface area contributed by atoms with Crippen LogP contribution in [0.25, 0.3) is 32.7 Å². The number of fused-ring (bicyclic) bond motifs is 7. The lowest BCUT2D eigenvalue weighted by molar-refractivity contribution is 0.718. The molecule has 0 unspecified atom stereocenters. The first kappa shape index (κ1) is 20.3. The zero-order valence-electron chi connectivity index (χ0n) is 19.1. The summed E-state index contributed by atoms with van der Waals surface area (Å²) in [6.07, 6.45) is 11.3. The fourth-order valence-corrected chi connectivity index (χ4v) is 5.42. The molecule has 31 heavy (non-hydrogen) atoms. The van der Waals surface area contributed by atoms with Crippen LogP contribution in [0.2, 0.25) is 0 Å². The fourth-order valence-electron chi connectivity index (χ4n) is 5.42. The molecule has 0 radical (unpaired) electrons. The first-order valence-electron chi connectivity index (χ1n) is 12.4. The van der Waals surface area contributed by atoms with E-state index in [0.717, 1.165) is 6.42 Å². The van der Waals surface area contributed by atoms with E-state index in [1.54, 1.807) is 0 Å². The van der Waals surface area contributed by atoms with Gasteiger partial charge in [0.25, 0.3) is 0 Å². The molecule has 4 aromatic rings. The predicted octanol–water partition coefficient (Wildman–Crippen LogP) is 9.03. The summed E-state index contributed by atoms with van der Waals surface area (Å²) in [4.78, 5) is 0. The largest absolute Gasteiger partial charge is 0.0654 e. The summed E-state index contributed by atoms with van der Waals surface area (Å²) < 4.78 is 0. The molecule has 158 valence electrons. The highest BCUT2D eigenvalue weighted by atomic mass is 14.3. The lowest BCUT2D eigenvalue weighted by atomic mass is 9.96. The van der Waals surface area contributed by atoms with Crippen LogP contribution in [0.4, 0.5) is 0 Å². The standard InChI is InChI=1S/C31H34/c1-3-5-7-9-22-11-15-26-24(19-22)13-17-28-29-18-14-25-20-23(10-8-6-4-2)12-16-27(25)31(29)21-30(26)28/h11-20H,3-10,21H2,1-2H3. The van der Waals surface area contributed by atoms with E-state index in [0.29, 0.717) is 0 Å². The maximum absolute atomic E-state index is 2.43. The molecule has 0 amide bonds. The summed E-state index contributed by atoms with van der Waals surface area (Å²) >= 11 is 0. The summed E-state index contributed by atoms with van der Waals surface area (Å²) in [6.45, 7) is 4.55. The third-order valence-electron chi connectivity index (χ3n) is 7.17. The van der Waals surface area contributed by atoms with Gasteiger partial charge in [-0.05, 0) is 87.0 Å². The van der Waals surface area contributed by atoms with E-state index in [4.69, 9.17) is 0 Å². The molecular formula is C31H34. The van der Waals surface area contributed by atoms with Crippen LogP contribution in [-0.2, 0) is 19.3 Å². The fraction of sp³-hybridized carbons (Fsp3) is 0.355. The zero-order chi connectivity index (χ0) is 21.2. The minimum atomic E-state index is 1.06. The molecule has 0 spiro atoms. The number of rotatable bonds is 8. The van der Waals surface area contributed by atoms with Gasteiger partial charge in [-0.25, -0.2) is 0 Å². The van der Waals surface area contributed by atoms with Gasteiger partial charge in [0, 0.05) is 0 Å². The number of hydrogen-bond donors (Lipinski definition) is 0. The third kappa shape index (κ3) is 3.89. The Morgan fingerprint density at radius 3 is 1.48 bits per heavy atom. The monoisotopic (exact) mass is 406 g/mol. The van der Waals surface area contributed by atoms with Crippen LogP contribution >= 0.6 is 0 Å². The molecule has 0 fully saturated rings. The predicted molar refractivity (Wildman–Crippen MR) is 136 cm³/mol. The van der Waals surface area contributed by atoms with Gasteiger partial charge in [0.05, 0.1) is 0 Å². The van der Waals surface area contributed by atoms with Crippen molar-refractivity contribution in [1.82, 2.24) is 0 Å². The smallest absolute Gasteiger partial charge is 0.000112 e. The Morgan fingerprint density at radius 2 is 1.03 bits per heavy atom. The van der Waals surface area contributed by atoms with E-state index >= 15 is 0 Å². The van der Waals surface area contributed by atoms with E-state index in [1.807, 2.05) is 0 Å². The third-order valence-corrected chi connectivity index (χ3v) is 7.17. The first-order chi connectivity index (χ1) is 15.3. The summed E-state index contributed by atoms with van der Waals surface area (Å²) in [6, 6.07) is 23.8. The van der Waals surface area contributed by atoms with Gasteiger partial charge >= 0.3 is 0 Å². The van der Waals surface area contributed by atoms with Gasteiger partial charge in [-0.2, -0.15) is 0 Å². The minimum Gasteiger partial charge on any atom is -0.0654 e. The molecule has 0 aliphatic heterocycles. The van der Waals surface area contributed by atoms with Gasteiger partial charge in [0.1, 0.15) is 0 Å². The summed E-state index contributed by atoms with van der Waals surface area (Å²) in [5.74, 6) is 0. The van der Waals surface area contributed by atoms with Crippen LogP contribution in [-0.4, -0.2) is 0 Å². The second-order valence-electron chi connectivity index (χ2n) is 9.39. The molecule has 5 rings (SSSR count). The van der Waals surface area contributed by atoms with Crippen molar-refractivity contribution in [1.29, 1.82) is 0 Å². The van der Waals surface area contributed by atoms with E-state index in [9.17, 15) is 0 Å². The van der Waals surface area contributed by atoms with E-state index < -0.39 is 0 Å². The molecule has 0 saturated carbocycles. The Morgan fingerprint density at radius 1 is 0.548 bits per heavy atom. The first-order valence-corrected chi connectivity index (χ1v) is 12.4. The molecule has 0 heterocycles. The topological polar surface area (TPSA) is 0 Å². The van der Waals surface area contributed by atoms with E-state index in [-0.39, 0.29) is 0 Å². The van der Waals surface area contributed by atoms with E-state index in [1.165, 1.54) is 106 Å². The van der Waals surface area contributed by atoms with Gasteiger partial charge in [-0.15, -0.1) is 0 Å². The summed E-state index contributed by atoms with van der Waals surface area (Å²) in [5.41, 5.74) is 8.89. The Balaban J connectivity index is 1.48. The van der Waals surface area contributed by atoms with Crippen molar-refractivity contribution in [2.45, 2.75) is 71.6 Å². The van der Waals surface area contributed by atoms with Crippen molar-refractivity contribution in [3.05, 3.63) is 82.9 Å². The van der Waals surface area contributed by atoms with Gasteiger partial charge in [-0.3, -0.25) is 0 Å². The second-order valence-corrected chi connectivity index (χ2v) is 9.39. The molecule has 0 nitrogen and oxygen atoms in total.